The lowest BCUT2D eigenvalue weighted by Gasteiger charge is -2.27. The first-order valence-electron chi connectivity index (χ1n) is 7.75. The molecule has 0 spiro atoms. The third-order valence-corrected chi connectivity index (χ3v) is 6.75. The fourth-order valence-corrected chi connectivity index (χ4v) is 6.33. The molecule has 1 saturated heterocycles. The van der Waals surface area contributed by atoms with E-state index in [0.717, 1.165) is 5.57 Å². The van der Waals surface area contributed by atoms with Crippen LogP contribution in [-0.2, 0) is 14.3 Å². The molecule has 106 valence electrons. The summed E-state index contributed by atoms with van der Waals surface area (Å²) in [5, 5.41) is 0. The van der Waals surface area contributed by atoms with Gasteiger partial charge in [0, 0.05) is 17.4 Å². The van der Waals surface area contributed by atoms with Gasteiger partial charge in [0.15, 0.2) is 0 Å². The number of fused-ring (bicyclic) bond motifs is 4. The van der Waals surface area contributed by atoms with Gasteiger partial charge in [0.05, 0.1) is 7.11 Å². The van der Waals surface area contributed by atoms with Crippen molar-refractivity contribution in [2.45, 2.75) is 44.3 Å². The number of carbonyl (C=O) groups is 1. The molecule has 5 rings (SSSR count). The second-order valence-corrected chi connectivity index (χ2v) is 7.37. The van der Waals surface area contributed by atoms with Crippen molar-refractivity contribution in [3.8, 4) is 0 Å². The molecule has 4 bridgehead atoms. The zero-order valence-electron chi connectivity index (χ0n) is 12.2. The fraction of sp³-hybridized carbons (Fsp3) is 0.706. The van der Waals surface area contributed by atoms with E-state index >= 15 is 0 Å². The van der Waals surface area contributed by atoms with Crippen LogP contribution in [0.1, 0.15) is 33.1 Å². The maximum Gasteiger partial charge on any atom is 0.334 e. The van der Waals surface area contributed by atoms with Gasteiger partial charge in [-0.05, 0) is 44.9 Å². The van der Waals surface area contributed by atoms with Crippen molar-refractivity contribution < 1.29 is 14.3 Å². The number of allylic oxidation sites excluding steroid dienone is 1. The Morgan fingerprint density at radius 3 is 2.65 bits per heavy atom. The summed E-state index contributed by atoms with van der Waals surface area (Å²) in [5.41, 5.74) is 3.73. The van der Waals surface area contributed by atoms with Crippen LogP contribution in [0.15, 0.2) is 22.8 Å². The number of epoxide rings is 1. The quantitative estimate of drug-likeness (QED) is 0.418. The molecule has 3 heteroatoms. The van der Waals surface area contributed by atoms with Crippen LogP contribution in [0.4, 0.5) is 0 Å². The third-order valence-electron chi connectivity index (χ3n) is 6.75. The van der Waals surface area contributed by atoms with E-state index in [1.807, 2.05) is 0 Å². The van der Waals surface area contributed by atoms with Crippen molar-refractivity contribution >= 4 is 5.97 Å². The molecule has 0 aromatic heterocycles. The van der Waals surface area contributed by atoms with Crippen molar-refractivity contribution in [3.63, 3.8) is 0 Å². The smallest absolute Gasteiger partial charge is 0.334 e. The zero-order valence-corrected chi connectivity index (χ0v) is 12.2. The lowest BCUT2D eigenvalue weighted by atomic mass is 9.71. The van der Waals surface area contributed by atoms with Gasteiger partial charge in [-0.1, -0.05) is 17.2 Å². The van der Waals surface area contributed by atoms with Gasteiger partial charge < -0.3 is 9.47 Å². The minimum Gasteiger partial charge on any atom is -0.466 e. The number of hydrogen-bond donors (Lipinski definition) is 0. The number of carbonyl (C=O) groups excluding carboxylic acids is 1. The van der Waals surface area contributed by atoms with E-state index in [1.54, 1.807) is 0 Å². The minimum atomic E-state index is -0.155. The second kappa shape index (κ2) is 3.06. The normalized spacial score (nSPS) is 52.8. The molecular weight excluding hydrogens is 252 g/mol. The Balaban J connectivity index is 1.72. The summed E-state index contributed by atoms with van der Waals surface area (Å²) in [6.45, 7) is 4.36. The van der Waals surface area contributed by atoms with E-state index in [0.29, 0.717) is 17.8 Å². The van der Waals surface area contributed by atoms with Crippen LogP contribution in [-0.4, -0.2) is 24.3 Å². The molecule has 0 unspecified atom stereocenters. The van der Waals surface area contributed by atoms with Gasteiger partial charge in [-0.15, -0.1) is 0 Å². The molecule has 3 saturated carbocycles. The highest BCUT2D eigenvalue weighted by Gasteiger charge is 2.92. The summed E-state index contributed by atoms with van der Waals surface area (Å²) < 4.78 is 11.5. The van der Waals surface area contributed by atoms with Gasteiger partial charge in [0.25, 0.3) is 0 Å². The van der Waals surface area contributed by atoms with E-state index in [4.69, 9.17) is 9.47 Å². The van der Waals surface area contributed by atoms with Crippen LogP contribution in [0, 0.1) is 23.7 Å². The molecule has 0 aromatic carbocycles. The maximum atomic E-state index is 12.2. The highest BCUT2D eigenvalue weighted by atomic mass is 16.6. The molecule has 1 heterocycles. The van der Waals surface area contributed by atoms with Crippen molar-refractivity contribution in [1.82, 2.24) is 0 Å². The van der Waals surface area contributed by atoms with Gasteiger partial charge >= 0.3 is 5.97 Å². The first-order valence-corrected chi connectivity index (χ1v) is 7.75. The molecule has 0 aromatic rings. The Morgan fingerprint density at radius 2 is 2.00 bits per heavy atom. The zero-order chi connectivity index (χ0) is 13.9. The summed E-state index contributed by atoms with van der Waals surface area (Å²) >= 11 is 0. The third kappa shape index (κ3) is 0.851. The summed E-state index contributed by atoms with van der Waals surface area (Å²) in [6.07, 6.45) is 6.07. The largest absolute Gasteiger partial charge is 0.466 e. The highest BCUT2D eigenvalue weighted by molar-refractivity contribution is 5.93. The standard InChI is InChI=1S/C17H20O3/c1-8(2)13-12-7-11(15(18)19-3)14(13)17-10-5-4-9(6-10)16(12,17)20-17/h7,9-10,12,14H,4-6H2,1-3H3/t9-,10-,12-,14-,16-,17-/m0/s1. The molecule has 5 aliphatic rings. The van der Waals surface area contributed by atoms with Gasteiger partial charge in [0.1, 0.15) is 11.2 Å². The Labute approximate surface area is 119 Å². The van der Waals surface area contributed by atoms with Crippen LogP contribution in [0.5, 0.6) is 0 Å². The van der Waals surface area contributed by atoms with E-state index in [2.05, 4.69) is 19.9 Å². The summed E-state index contributed by atoms with van der Waals surface area (Å²) in [6, 6.07) is 0. The molecule has 3 nitrogen and oxygen atoms in total. The van der Waals surface area contributed by atoms with Crippen LogP contribution in [0.2, 0.25) is 0 Å². The molecule has 0 N–H and O–H groups in total. The molecule has 20 heavy (non-hydrogen) atoms. The Morgan fingerprint density at radius 1 is 1.30 bits per heavy atom. The average molecular weight is 272 g/mol. The number of rotatable bonds is 1. The van der Waals surface area contributed by atoms with Crippen LogP contribution in [0.3, 0.4) is 0 Å². The lowest BCUT2D eigenvalue weighted by molar-refractivity contribution is -0.136. The van der Waals surface area contributed by atoms with E-state index in [9.17, 15) is 4.79 Å². The van der Waals surface area contributed by atoms with Gasteiger partial charge in [0.2, 0.25) is 0 Å². The minimum absolute atomic E-state index is 0.0362. The SMILES string of the molecule is COC(=O)C1=C[C@H]2C(=C(C)C)[C@H]1[C@]13O[C@@]21[C@H]1CC[C@H]3C1. The molecular formula is C17H20O3. The van der Waals surface area contributed by atoms with E-state index in [-0.39, 0.29) is 23.1 Å². The first kappa shape index (κ1) is 11.6. The lowest BCUT2D eigenvalue weighted by Crippen LogP contribution is -2.38. The second-order valence-electron chi connectivity index (χ2n) is 7.37. The molecule has 1 aliphatic heterocycles. The molecule has 4 fully saturated rings. The van der Waals surface area contributed by atoms with Gasteiger partial charge in [-0.25, -0.2) is 4.79 Å². The predicted octanol–water partition coefficient (Wildman–Crippen LogP) is 2.62. The van der Waals surface area contributed by atoms with Crippen molar-refractivity contribution in [3.05, 3.63) is 22.8 Å². The fourth-order valence-electron chi connectivity index (χ4n) is 6.33. The number of hydrogen-bond acceptors (Lipinski definition) is 3. The number of ether oxygens (including phenoxy) is 2. The van der Waals surface area contributed by atoms with Crippen LogP contribution >= 0.6 is 0 Å². The monoisotopic (exact) mass is 272 g/mol. The molecule has 4 aliphatic carbocycles. The van der Waals surface area contributed by atoms with Crippen LogP contribution in [0.25, 0.3) is 0 Å². The molecule has 0 radical (unpaired) electrons. The van der Waals surface area contributed by atoms with Crippen LogP contribution < -0.4 is 0 Å². The van der Waals surface area contributed by atoms with E-state index < -0.39 is 0 Å². The topological polar surface area (TPSA) is 38.8 Å². The average Bonchev–Trinajstić information content (AvgIpc) is 2.81. The van der Waals surface area contributed by atoms with Gasteiger partial charge in [-0.2, -0.15) is 0 Å². The predicted molar refractivity (Wildman–Crippen MR) is 72.8 cm³/mol. The number of esters is 1. The summed E-state index contributed by atoms with van der Waals surface area (Å²) in [7, 11) is 1.48. The Kier molecular flexibility index (Phi) is 1.77. The summed E-state index contributed by atoms with van der Waals surface area (Å²) in [5.74, 6) is 1.73. The van der Waals surface area contributed by atoms with Crippen molar-refractivity contribution in [2.75, 3.05) is 7.11 Å². The van der Waals surface area contributed by atoms with Crippen molar-refractivity contribution in [1.29, 1.82) is 0 Å². The highest BCUT2D eigenvalue weighted by Crippen LogP contribution is 2.85. The van der Waals surface area contributed by atoms with Crippen molar-refractivity contribution in [2.24, 2.45) is 23.7 Å². The molecule has 0 amide bonds. The van der Waals surface area contributed by atoms with E-state index in [1.165, 1.54) is 37.5 Å². The maximum absolute atomic E-state index is 12.2. The summed E-state index contributed by atoms with van der Waals surface area (Å²) in [4.78, 5) is 12.2. The first-order chi connectivity index (χ1) is 9.58. The Hall–Kier alpha value is -1.09. The Bertz CT molecular complexity index is 612. The molecule has 6 atom stereocenters. The number of methoxy groups -OCH3 is 1. The van der Waals surface area contributed by atoms with Gasteiger partial charge in [-0.3, -0.25) is 0 Å².